The molecule has 1 amide bonds. The Hall–Kier alpha value is -2.77. The molecule has 1 saturated heterocycles. The summed E-state index contributed by atoms with van der Waals surface area (Å²) in [7, 11) is 0. The van der Waals surface area contributed by atoms with Gasteiger partial charge in [-0.2, -0.15) is 0 Å². The predicted molar refractivity (Wildman–Crippen MR) is 75.1 cm³/mol. The molecule has 3 heterocycles. The topological polar surface area (TPSA) is 101 Å². The number of nitrogens with zero attached hydrogens (tertiary/aromatic N) is 5. The third-order valence-corrected chi connectivity index (χ3v) is 3.61. The fourth-order valence-electron chi connectivity index (χ4n) is 2.54. The van der Waals surface area contributed by atoms with E-state index in [1.807, 2.05) is 18.2 Å². The highest BCUT2D eigenvalue weighted by atomic mass is 16.4. The minimum atomic E-state index is -0.980. The first-order valence-corrected chi connectivity index (χ1v) is 6.99. The lowest BCUT2D eigenvalue weighted by molar-refractivity contribution is -0.141. The summed E-state index contributed by atoms with van der Waals surface area (Å²) >= 11 is 0. The van der Waals surface area contributed by atoms with Crippen LogP contribution in [0.25, 0.3) is 0 Å². The van der Waals surface area contributed by atoms with Gasteiger partial charge in [-0.1, -0.05) is 11.3 Å². The lowest BCUT2D eigenvalue weighted by Crippen LogP contribution is -2.40. The number of carboxylic acid groups (broad SMARTS) is 1. The maximum Gasteiger partial charge on any atom is 0.326 e. The molecule has 2 aromatic heterocycles. The average molecular weight is 301 g/mol. The molecule has 0 radical (unpaired) electrons. The van der Waals surface area contributed by atoms with Crippen molar-refractivity contribution in [3.63, 3.8) is 0 Å². The first-order valence-electron chi connectivity index (χ1n) is 6.99. The Kier molecular flexibility index (Phi) is 3.82. The van der Waals surface area contributed by atoms with Gasteiger partial charge in [0.25, 0.3) is 5.91 Å². The Morgan fingerprint density at radius 2 is 2.23 bits per heavy atom. The number of carbonyl (C=O) groups is 2. The summed E-state index contributed by atoms with van der Waals surface area (Å²) < 4.78 is 1.52. The van der Waals surface area contributed by atoms with Crippen molar-refractivity contribution in [2.75, 3.05) is 6.54 Å². The van der Waals surface area contributed by atoms with Gasteiger partial charge in [-0.25, -0.2) is 9.48 Å². The van der Waals surface area contributed by atoms with E-state index in [1.165, 1.54) is 15.8 Å². The normalized spacial score (nSPS) is 17.6. The Labute approximate surface area is 126 Å². The lowest BCUT2D eigenvalue weighted by Gasteiger charge is -2.19. The van der Waals surface area contributed by atoms with E-state index in [0.29, 0.717) is 25.9 Å². The van der Waals surface area contributed by atoms with Crippen LogP contribution in [0.5, 0.6) is 0 Å². The number of hydrogen-bond donors (Lipinski definition) is 1. The van der Waals surface area contributed by atoms with E-state index in [0.717, 1.165) is 5.69 Å². The Morgan fingerprint density at radius 3 is 2.95 bits per heavy atom. The third kappa shape index (κ3) is 2.80. The van der Waals surface area contributed by atoms with Crippen LogP contribution < -0.4 is 0 Å². The molecule has 0 aliphatic carbocycles. The molecular formula is C14H15N5O3. The van der Waals surface area contributed by atoms with Gasteiger partial charge in [-0.05, 0) is 25.0 Å². The summed E-state index contributed by atoms with van der Waals surface area (Å²) in [6, 6.07) is 4.77. The number of carboxylic acids is 1. The molecule has 8 heteroatoms. The van der Waals surface area contributed by atoms with Crippen molar-refractivity contribution >= 4 is 11.9 Å². The second-order valence-electron chi connectivity index (χ2n) is 5.12. The van der Waals surface area contributed by atoms with Crippen molar-refractivity contribution in [3.8, 4) is 0 Å². The van der Waals surface area contributed by atoms with Crippen LogP contribution in [0, 0.1) is 0 Å². The summed E-state index contributed by atoms with van der Waals surface area (Å²) in [6.07, 6.45) is 4.36. The number of aromatic nitrogens is 4. The second-order valence-corrected chi connectivity index (χ2v) is 5.12. The largest absolute Gasteiger partial charge is 0.480 e. The van der Waals surface area contributed by atoms with Gasteiger partial charge in [0, 0.05) is 12.7 Å². The van der Waals surface area contributed by atoms with Gasteiger partial charge in [0.15, 0.2) is 5.69 Å². The predicted octanol–water partition coefficient (Wildman–Crippen LogP) is 0.411. The number of amides is 1. The molecular weight excluding hydrogens is 286 g/mol. The monoisotopic (exact) mass is 301 g/mol. The van der Waals surface area contributed by atoms with Gasteiger partial charge in [-0.15, -0.1) is 5.10 Å². The molecule has 0 unspecified atom stereocenters. The SMILES string of the molecule is O=C(O)[C@H]1CCCN1C(=O)c1cn(Cc2ccccn2)nn1. The molecule has 3 rings (SSSR count). The maximum absolute atomic E-state index is 12.4. The minimum absolute atomic E-state index is 0.157. The Balaban J connectivity index is 1.73. The lowest BCUT2D eigenvalue weighted by atomic mass is 10.2. The van der Waals surface area contributed by atoms with E-state index in [2.05, 4.69) is 15.3 Å². The van der Waals surface area contributed by atoms with E-state index in [-0.39, 0.29) is 5.69 Å². The number of likely N-dealkylation sites (tertiary alicyclic amines) is 1. The van der Waals surface area contributed by atoms with Crippen LogP contribution in [0.15, 0.2) is 30.6 Å². The first kappa shape index (κ1) is 14.2. The van der Waals surface area contributed by atoms with Gasteiger partial charge < -0.3 is 10.0 Å². The molecule has 0 saturated carbocycles. The van der Waals surface area contributed by atoms with E-state index in [1.54, 1.807) is 6.20 Å². The number of pyridine rings is 1. The summed E-state index contributed by atoms with van der Waals surface area (Å²) in [4.78, 5) is 29.0. The molecule has 1 aliphatic heterocycles. The summed E-state index contributed by atoms with van der Waals surface area (Å²) in [5.74, 6) is -1.37. The molecule has 0 aromatic carbocycles. The Morgan fingerprint density at radius 1 is 1.36 bits per heavy atom. The van der Waals surface area contributed by atoms with Crippen LogP contribution in [0.4, 0.5) is 0 Å². The van der Waals surface area contributed by atoms with Gasteiger partial charge in [0.1, 0.15) is 6.04 Å². The minimum Gasteiger partial charge on any atom is -0.480 e. The zero-order valence-corrected chi connectivity index (χ0v) is 11.8. The first-order chi connectivity index (χ1) is 10.6. The van der Waals surface area contributed by atoms with Gasteiger partial charge >= 0.3 is 5.97 Å². The molecule has 22 heavy (non-hydrogen) atoms. The second kappa shape index (κ2) is 5.92. The number of carbonyl (C=O) groups excluding carboxylic acids is 1. The molecule has 1 atom stereocenters. The molecule has 1 fully saturated rings. The highest BCUT2D eigenvalue weighted by Crippen LogP contribution is 2.19. The quantitative estimate of drug-likeness (QED) is 0.877. The summed E-state index contributed by atoms with van der Waals surface area (Å²) in [5, 5.41) is 16.9. The maximum atomic E-state index is 12.4. The van der Waals surface area contributed by atoms with E-state index < -0.39 is 17.9 Å². The highest BCUT2D eigenvalue weighted by Gasteiger charge is 2.35. The smallest absolute Gasteiger partial charge is 0.326 e. The number of rotatable bonds is 4. The molecule has 8 nitrogen and oxygen atoms in total. The highest BCUT2D eigenvalue weighted by molar-refractivity contribution is 5.95. The molecule has 1 aliphatic rings. The van der Waals surface area contributed by atoms with Crippen molar-refractivity contribution in [2.45, 2.75) is 25.4 Å². The van der Waals surface area contributed by atoms with Crippen LogP contribution in [0.2, 0.25) is 0 Å². The number of aliphatic carboxylic acids is 1. The van der Waals surface area contributed by atoms with Gasteiger partial charge in [-0.3, -0.25) is 9.78 Å². The zero-order chi connectivity index (χ0) is 15.5. The zero-order valence-electron chi connectivity index (χ0n) is 11.8. The fraction of sp³-hybridized carbons (Fsp3) is 0.357. The fourth-order valence-corrected chi connectivity index (χ4v) is 2.54. The van der Waals surface area contributed by atoms with Crippen LogP contribution in [-0.2, 0) is 11.3 Å². The average Bonchev–Trinajstić information content (AvgIpc) is 3.16. The third-order valence-electron chi connectivity index (χ3n) is 3.61. The molecule has 114 valence electrons. The van der Waals surface area contributed by atoms with Crippen molar-refractivity contribution in [1.29, 1.82) is 0 Å². The van der Waals surface area contributed by atoms with E-state index in [9.17, 15) is 9.59 Å². The summed E-state index contributed by atoms with van der Waals surface area (Å²) in [6.45, 7) is 0.840. The van der Waals surface area contributed by atoms with Crippen LogP contribution in [0.3, 0.4) is 0 Å². The van der Waals surface area contributed by atoms with Crippen molar-refractivity contribution < 1.29 is 14.7 Å². The molecule has 1 N–H and O–H groups in total. The van der Waals surface area contributed by atoms with Gasteiger partial charge in [0.05, 0.1) is 18.4 Å². The van der Waals surface area contributed by atoms with E-state index >= 15 is 0 Å². The molecule has 2 aromatic rings. The van der Waals surface area contributed by atoms with Crippen LogP contribution >= 0.6 is 0 Å². The van der Waals surface area contributed by atoms with Crippen LogP contribution in [0.1, 0.15) is 29.0 Å². The standard InChI is InChI=1S/C14H15N5O3/c20-13(19-7-3-5-12(19)14(21)22)11-9-18(17-16-11)8-10-4-1-2-6-15-10/h1-2,4,6,9,12H,3,5,7-8H2,(H,21,22)/t12-/m1/s1. The van der Waals surface area contributed by atoms with Crippen LogP contribution in [-0.4, -0.2) is 54.4 Å². The summed E-state index contributed by atoms with van der Waals surface area (Å²) in [5.41, 5.74) is 0.958. The van der Waals surface area contributed by atoms with Gasteiger partial charge in [0.2, 0.25) is 0 Å². The molecule has 0 spiro atoms. The van der Waals surface area contributed by atoms with E-state index in [4.69, 9.17) is 5.11 Å². The molecule has 0 bridgehead atoms. The van der Waals surface area contributed by atoms with Crippen molar-refractivity contribution in [3.05, 3.63) is 42.0 Å². The van der Waals surface area contributed by atoms with Crippen molar-refractivity contribution in [1.82, 2.24) is 24.9 Å². The van der Waals surface area contributed by atoms with Crippen molar-refractivity contribution in [2.24, 2.45) is 0 Å². The number of hydrogen-bond acceptors (Lipinski definition) is 5. The Bertz CT molecular complexity index is 685.